The number of halogens is 5. The van der Waals surface area contributed by atoms with Crippen molar-refractivity contribution in [1.82, 2.24) is 10.2 Å². The molecule has 1 N–H and O–H groups in total. The van der Waals surface area contributed by atoms with E-state index >= 15 is 0 Å². The van der Waals surface area contributed by atoms with Gasteiger partial charge in [0, 0.05) is 5.56 Å². The van der Waals surface area contributed by atoms with Gasteiger partial charge in [0.25, 0.3) is 0 Å². The summed E-state index contributed by atoms with van der Waals surface area (Å²) in [5, 5.41) is 7.84. The molecule has 1 aromatic carbocycles. The first-order chi connectivity index (χ1) is 9.81. The Balaban J connectivity index is 2.23. The number of benzene rings is 1. The minimum absolute atomic E-state index is 0.0289. The van der Waals surface area contributed by atoms with Gasteiger partial charge in [-0.05, 0) is 24.6 Å². The van der Waals surface area contributed by atoms with Gasteiger partial charge in [-0.15, -0.1) is 10.2 Å². The second-order valence-electron chi connectivity index (χ2n) is 4.18. The molecule has 3 nitrogen and oxygen atoms in total. The van der Waals surface area contributed by atoms with Crippen LogP contribution < -0.4 is 5.32 Å². The standard InChI is InChI=1S/C12H10F5N3S/c1-2-9(7-5-6(13)3-4-8(7)14)18-11-20-19-10(21-11)12(15,16)17/h3-5,9H,2H2,1H3,(H,18,20). The molecule has 1 atom stereocenters. The highest BCUT2D eigenvalue weighted by Gasteiger charge is 2.35. The Bertz CT molecular complexity index is 626. The molecule has 0 spiro atoms. The zero-order chi connectivity index (χ0) is 15.6. The third-order valence-corrected chi connectivity index (χ3v) is 3.61. The predicted molar refractivity (Wildman–Crippen MR) is 67.9 cm³/mol. The van der Waals surface area contributed by atoms with Crippen molar-refractivity contribution in [3.05, 3.63) is 40.4 Å². The van der Waals surface area contributed by atoms with Gasteiger partial charge in [0.2, 0.25) is 10.1 Å². The lowest BCUT2D eigenvalue weighted by molar-refractivity contribution is -0.138. The zero-order valence-corrected chi connectivity index (χ0v) is 11.5. The van der Waals surface area contributed by atoms with E-state index in [2.05, 4.69) is 15.5 Å². The number of aromatic nitrogens is 2. The molecule has 0 saturated heterocycles. The average Bonchev–Trinajstić information content (AvgIpc) is 2.87. The molecule has 0 bridgehead atoms. The van der Waals surface area contributed by atoms with E-state index in [0.717, 1.165) is 18.2 Å². The molecular weight excluding hydrogens is 313 g/mol. The molecule has 1 aromatic heterocycles. The lowest BCUT2D eigenvalue weighted by atomic mass is 10.0. The summed E-state index contributed by atoms with van der Waals surface area (Å²) in [5.74, 6) is -1.27. The van der Waals surface area contributed by atoms with Crippen molar-refractivity contribution in [3.63, 3.8) is 0 Å². The Kier molecular flexibility index (Phi) is 4.40. The van der Waals surface area contributed by atoms with Gasteiger partial charge in [-0.2, -0.15) is 13.2 Å². The molecule has 0 aliphatic heterocycles. The van der Waals surface area contributed by atoms with Crippen LogP contribution in [-0.2, 0) is 6.18 Å². The van der Waals surface area contributed by atoms with Crippen molar-refractivity contribution < 1.29 is 22.0 Å². The van der Waals surface area contributed by atoms with E-state index in [1.807, 2.05) is 0 Å². The first-order valence-corrected chi connectivity index (χ1v) is 6.75. The number of nitrogens with one attached hydrogen (secondary N) is 1. The summed E-state index contributed by atoms with van der Waals surface area (Å²) in [5.41, 5.74) is 0.0289. The van der Waals surface area contributed by atoms with Gasteiger partial charge in [0.05, 0.1) is 6.04 Å². The highest BCUT2D eigenvalue weighted by atomic mass is 32.1. The summed E-state index contributed by atoms with van der Waals surface area (Å²) in [6, 6.07) is 2.24. The molecule has 0 saturated carbocycles. The van der Waals surface area contributed by atoms with Gasteiger partial charge in [-0.1, -0.05) is 18.3 Å². The number of rotatable bonds is 4. The van der Waals surface area contributed by atoms with Crippen molar-refractivity contribution in [2.45, 2.75) is 25.6 Å². The molecule has 0 aliphatic carbocycles. The molecule has 1 heterocycles. The molecule has 0 amide bonds. The summed E-state index contributed by atoms with van der Waals surface area (Å²) in [6.45, 7) is 1.69. The van der Waals surface area contributed by atoms with Crippen LogP contribution in [0, 0.1) is 11.6 Å². The summed E-state index contributed by atoms with van der Waals surface area (Å²) in [4.78, 5) is 0. The fourth-order valence-corrected chi connectivity index (χ4v) is 2.39. The predicted octanol–water partition coefficient (Wildman–Crippen LogP) is 4.40. The molecule has 0 radical (unpaired) electrons. The fraction of sp³-hybridized carbons (Fsp3) is 0.333. The smallest absolute Gasteiger partial charge is 0.353 e. The van der Waals surface area contributed by atoms with Crippen LogP contribution in [0.25, 0.3) is 0 Å². The van der Waals surface area contributed by atoms with Gasteiger partial charge in [-0.25, -0.2) is 8.78 Å². The maximum absolute atomic E-state index is 13.7. The number of nitrogens with zero attached hydrogens (tertiary/aromatic N) is 2. The molecule has 2 aromatic rings. The zero-order valence-electron chi connectivity index (χ0n) is 10.7. The highest BCUT2D eigenvalue weighted by Crippen LogP contribution is 2.34. The van der Waals surface area contributed by atoms with Gasteiger partial charge < -0.3 is 5.32 Å². The largest absolute Gasteiger partial charge is 0.445 e. The Hall–Kier alpha value is -1.77. The normalized spacial score (nSPS) is 13.2. The van der Waals surface area contributed by atoms with Crippen LogP contribution >= 0.6 is 11.3 Å². The van der Waals surface area contributed by atoms with Crippen LogP contribution in [-0.4, -0.2) is 10.2 Å². The quantitative estimate of drug-likeness (QED) is 0.848. The van der Waals surface area contributed by atoms with Crippen LogP contribution in [0.2, 0.25) is 0 Å². The number of alkyl halides is 3. The number of hydrogen-bond donors (Lipinski definition) is 1. The van der Waals surface area contributed by atoms with Crippen LogP contribution in [0.3, 0.4) is 0 Å². The number of hydrogen-bond acceptors (Lipinski definition) is 4. The molecule has 21 heavy (non-hydrogen) atoms. The van der Waals surface area contributed by atoms with E-state index in [1.54, 1.807) is 6.92 Å². The van der Waals surface area contributed by atoms with Crippen LogP contribution in [0.1, 0.15) is 30.0 Å². The van der Waals surface area contributed by atoms with Crippen LogP contribution in [0.5, 0.6) is 0 Å². The Labute approximate surface area is 120 Å². The Morgan fingerprint density at radius 3 is 2.52 bits per heavy atom. The van der Waals surface area contributed by atoms with Gasteiger partial charge >= 0.3 is 6.18 Å². The minimum Gasteiger partial charge on any atom is -0.353 e. The van der Waals surface area contributed by atoms with Crippen molar-refractivity contribution in [1.29, 1.82) is 0 Å². The topological polar surface area (TPSA) is 37.8 Å². The first kappa shape index (κ1) is 15.6. The molecule has 0 aliphatic rings. The lowest BCUT2D eigenvalue weighted by Crippen LogP contribution is -2.11. The summed E-state index contributed by atoms with van der Waals surface area (Å²) in [7, 11) is 0. The average molecular weight is 323 g/mol. The molecule has 0 fully saturated rings. The lowest BCUT2D eigenvalue weighted by Gasteiger charge is -2.17. The van der Waals surface area contributed by atoms with Gasteiger partial charge in [-0.3, -0.25) is 0 Å². The highest BCUT2D eigenvalue weighted by molar-refractivity contribution is 7.15. The second-order valence-corrected chi connectivity index (χ2v) is 5.16. The van der Waals surface area contributed by atoms with E-state index in [-0.39, 0.29) is 10.7 Å². The fourth-order valence-electron chi connectivity index (χ4n) is 1.73. The van der Waals surface area contributed by atoms with E-state index < -0.39 is 28.9 Å². The minimum atomic E-state index is -4.58. The molecular formula is C12H10F5N3S. The van der Waals surface area contributed by atoms with Crippen LogP contribution in [0.15, 0.2) is 18.2 Å². The van der Waals surface area contributed by atoms with Gasteiger partial charge in [0.1, 0.15) is 11.6 Å². The molecule has 1 unspecified atom stereocenters. The molecule has 114 valence electrons. The summed E-state index contributed by atoms with van der Waals surface area (Å²) >= 11 is 0.314. The van der Waals surface area contributed by atoms with Crippen molar-refractivity contribution in [2.24, 2.45) is 0 Å². The van der Waals surface area contributed by atoms with Crippen molar-refractivity contribution in [2.75, 3.05) is 5.32 Å². The second kappa shape index (κ2) is 5.92. The maximum atomic E-state index is 13.7. The molecule has 9 heteroatoms. The van der Waals surface area contributed by atoms with E-state index in [0.29, 0.717) is 17.8 Å². The van der Waals surface area contributed by atoms with Crippen molar-refractivity contribution in [3.8, 4) is 0 Å². The Morgan fingerprint density at radius 2 is 1.95 bits per heavy atom. The maximum Gasteiger partial charge on any atom is 0.445 e. The Morgan fingerprint density at radius 1 is 1.24 bits per heavy atom. The first-order valence-electron chi connectivity index (χ1n) is 5.93. The molecule has 2 rings (SSSR count). The van der Waals surface area contributed by atoms with E-state index in [9.17, 15) is 22.0 Å². The summed E-state index contributed by atoms with van der Waals surface area (Å²) < 4.78 is 64.2. The van der Waals surface area contributed by atoms with E-state index in [4.69, 9.17) is 0 Å². The van der Waals surface area contributed by atoms with Crippen LogP contribution in [0.4, 0.5) is 27.1 Å². The number of anilines is 1. The monoisotopic (exact) mass is 323 g/mol. The SMILES string of the molecule is CCC(Nc1nnc(C(F)(F)F)s1)c1cc(F)ccc1F. The summed E-state index contributed by atoms with van der Waals surface area (Å²) in [6.07, 6.45) is -4.25. The van der Waals surface area contributed by atoms with Crippen molar-refractivity contribution >= 4 is 16.5 Å². The third-order valence-electron chi connectivity index (χ3n) is 2.71. The van der Waals surface area contributed by atoms with E-state index in [1.165, 1.54) is 0 Å². The van der Waals surface area contributed by atoms with Gasteiger partial charge in [0.15, 0.2) is 0 Å². The third kappa shape index (κ3) is 3.66.